The number of benzene rings is 1. The van der Waals surface area contributed by atoms with Gasteiger partial charge in [-0.05, 0) is 54.4 Å². The summed E-state index contributed by atoms with van der Waals surface area (Å²) in [6.45, 7) is 6.18. The van der Waals surface area contributed by atoms with Gasteiger partial charge in [-0.3, -0.25) is 19.3 Å². The fourth-order valence-electron chi connectivity index (χ4n) is 4.39. The molecule has 1 aromatic heterocycles. The van der Waals surface area contributed by atoms with E-state index in [0.717, 1.165) is 42.8 Å². The van der Waals surface area contributed by atoms with Crippen LogP contribution in [-0.4, -0.2) is 34.2 Å². The Morgan fingerprint density at radius 2 is 1.79 bits per heavy atom. The van der Waals surface area contributed by atoms with Crippen LogP contribution < -0.4 is 21.7 Å². The van der Waals surface area contributed by atoms with Crippen LogP contribution in [0, 0.1) is 0 Å². The molecule has 8 nitrogen and oxygen atoms in total. The highest BCUT2D eigenvalue weighted by Crippen LogP contribution is 2.30. The van der Waals surface area contributed by atoms with Crippen molar-refractivity contribution in [3.8, 4) is 0 Å². The molecule has 0 bridgehead atoms. The summed E-state index contributed by atoms with van der Waals surface area (Å²) in [4.78, 5) is 40.6. The summed E-state index contributed by atoms with van der Waals surface area (Å²) in [7, 11) is 0. The zero-order valence-electron chi connectivity index (χ0n) is 20.2. The summed E-state index contributed by atoms with van der Waals surface area (Å²) in [6, 6.07) is 7.05. The van der Waals surface area contributed by atoms with Crippen LogP contribution in [0.2, 0.25) is 0 Å². The van der Waals surface area contributed by atoms with Crippen molar-refractivity contribution in [3.05, 3.63) is 40.4 Å². The summed E-state index contributed by atoms with van der Waals surface area (Å²) < 4.78 is 3.99. The van der Waals surface area contributed by atoms with E-state index in [1.807, 2.05) is 31.2 Å². The standard InChI is InChI=1S/C25H35N5O3S/c1-4-8-19(24(32)28-17-9-6-5-7-10-17)30(18-13-11-16(12-14-18)15(2)3)25(33)22-20(26)21(23(27)31)29-34-22/h11-15,17,19H,4-10,26H2,1-3H3,(H2,27,31)(H,28,32). The van der Waals surface area contributed by atoms with Crippen molar-refractivity contribution in [1.82, 2.24) is 9.69 Å². The third-order valence-electron chi connectivity index (χ3n) is 6.34. The molecular weight excluding hydrogens is 450 g/mol. The Balaban J connectivity index is 2.01. The van der Waals surface area contributed by atoms with Gasteiger partial charge in [0.1, 0.15) is 10.9 Å². The molecule has 34 heavy (non-hydrogen) atoms. The van der Waals surface area contributed by atoms with E-state index in [2.05, 4.69) is 23.5 Å². The number of amides is 3. The van der Waals surface area contributed by atoms with Crippen LogP contribution in [0.15, 0.2) is 24.3 Å². The smallest absolute Gasteiger partial charge is 0.272 e. The van der Waals surface area contributed by atoms with Crippen molar-refractivity contribution < 1.29 is 14.4 Å². The maximum atomic E-state index is 13.8. The molecule has 1 heterocycles. The van der Waals surface area contributed by atoms with Gasteiger partial charge in [-0.25, -0.2) is 0 Å². The number of primary amides is 1. The lowest BCUT2D eigenvalue weighted by Crippen LogP contribution is -2.52. The van der Waals surface area contributed by atoms with Crippen molar-refractivity contribution in [1.29, 1.82) is 0 Å². The third-order valence-corrected chi connectivity index (χ3v) is 7.19. The van der Waals surface area contributed by atoms with Gasteiger partial charge < -0.3 is 16.8 Å². The maximum absolute atomic E-state index is 13.8. The van der Waals surface area contributed by atoms with Gasteiger partial charge in [0.2, 0.25) is 5.91 Å². The van der Waals surface area contributed by atoms with E-state index in [-0.39, 0.29) is 28.2 Å². The lowest BCUT2D eigenvalue weighted by molar-refractivity contribution is -0.123. The molecule has 184 valence electrons. The highest BCUT2D eigenvalue weighted by atomic mass is 32.1. The van der Waals surface area contributed by atoms with Crippen LogP contribution in [0.1, 0.15) is 97.4 Å². The lowest BCUT2D eigenvalue weighted by atomic mass is 9.95. The molecule has 1 atom stereocenters. The van der Waals surface area contributed by atoms with E-state index in [0.29, 0.717) is 24.4 Å². The molecule has 3 rings (SSSR count). The van der Waals surface area contributed by atoms with Crippen molar-refractivity contribution in [2.75, 3.05) is 10.6 Å². The van der Waals surface area contributed by atoms with Crippen LogP contribution in [0.3, 0.4) is 0 Å². The van der Waals surface area contributed by atoms with Gasteiger partial charge in [0.15, 0.2) is 5.69 Å². The number of hydrogen-bond acceptors (Lipinski definition) is 6. The number of nitrogens with zero attached hydrogens (tertiary/aromatic N) is 2. The molecule has 0 saturated heterocycles. The molecule has 1 unspecified atom stereocenters. The van der Waals surface area contributed by atoms with Crippen LogP contribution in [0.4, 0.5) is 11.4 Å². The molecule has 1 aliphatic rings. The first kappa shape index (κ1) is 25.7. The SMILES string of the molecule is CCCC(C(=O)NC1CCCCC1)N(C(=O)c1snc(C(N)=O)c1N)c1ccc(C(C)C)cc1. The number of nitrogens with two attached hydrogens (primary N) is 2. The molecule has 2 aromatic rings. The van der Waals surface area contributed by atoms with E-state index in [4.69, 9.17) is 11.5 Å². The van der Waals surface area contributed by atoms with E-state index < -0.39 is 17.9 Å². The predicted molar refractivity (Wildman–Crippen MR) is 136 cm³/mol. The Bertz CT molecular complexity index is 1010. The topological polar surface area (TPSA) is 131 Å². The second-order valence-corrected chi connectivity index (χ2v) is 9.98. The zero-order valence-corrected chi connectivity index (χ0v) is 21.0. The Hall–Kier alpha value is -2.94. The molecule has 1 fully saturated rings. The molecule has 0 radical (unpaired) electrons. The van der Waals surface area contributed by atoms with Crippen LogP contribution >= 0.6 is 11.5 Å². The van der Waals surface area contributed by atoms with Crippen molar-refractivity contribution >= 4 is 40.6 Å². The highest BCUT2D eigenvalue weighted by molar-refractivity contribution is 7.09. The molecule has 1 aliphatic carbocycles. The summed E-state index contributed by atoms with van der Waals surface area (Å²) in [5, 5.41) is 3.18. The second-order valence-electron chi connectivity index (χ2n) is 9.21. The van der Waals surface area contributed by atoms with Crippen molar-refractivity contribution in [2.24, 2.45) is 5.73 Å². The summed E-state index contributed by atoms with van der Waals surface area (Å²) >= 11 is 0.828. The number of carbonyl (C=O) groups excluding carboxylic acids is 3. The quantitative estimate of drug-likeness (QED) is 0.489. The largest absolute Gasteiger partial charge is 0.395 e. The van der Waals surface area contributed by atoms with Crippen LogP contribution in [0.5, 0.6) is 0 Å². The Kier molecular flexibility index (Phi) is 8.66. The minimum absolute atomic E-state index is 0.0470. The van der Waals surface area contributed by atoms with Gasteiger partial charge in [-0.2, -0.15) is 4.37 Å². The van der Waals surface area contributed by atoms with Gasteiger partial charge in [0.05, 0.1) is 5.69 Å². The van der Waals surface area contributed by atoms with Gasteiger partial charge in [0, 0.05) is 11.7 Å². The maximum Gasteiger partial charge on any atom is 0.272 e. The number of anilines is 2. The van der Waals surface area contributed by atoms with E-state index >= 15 is 0 Å². The molecule has 1 aromatic carbocycles. The molecule has 9 heteroatoms. The monoisotopic (exact) mass is 485 g/mol. The van der Waals surface area contributed by atoms with Gasteiger partial charge >= 0.3 is 0 Å². The predicted octanol–water partition coefficient (Wildman–Crippen LogP) is 4.21. The van der Waals surface area contributed by atoms with Crippen molar-refractivity contribution in [2.45, 2.75) is 83.7 Å². The van der Waals surface area contributed by atoms with E-state index in [1.165, 1.54) is 11.3 Å². The minimum atomic E-state index is -0.791. The van der Waals surface area contributed by atoms with E-state index in [1.54, 1.807) is 0 Å². The normalized spacial score (nSPS) is 15.2. The minimum Gasteiger partial charge on any atom is -0.395 e. The van der Waals surface area contributed by atoms with Gasteiger partial charge in [0.25, 0.3) is 11.8 Å². The summed E-state index contributed by atoms with van der Waals surface area (Å²) in [5.74, 6) is -1.10. The summed E-state index contributed by atoms with van der Waals surface area (Å²) in [6.07, 6.45) is 6.46. The molecule has 0 aliphatic heterocycles. The number of hydrogen-bond donors (Lipinski definition) is 3. The van der Waals surface area contributed by atoms with Crippen LogP contribution in [-0.2, 0) is 4.79 Å². The summed E-state index contributed by atoms with van der Waals surface area (Å²) in [5.41, 5.74) is 13.0. The third kappa shape index (κ3) is 5.75. The zero-order chi connectivity index (χ0) is 24.8. The van der Waals surface area contributed by atoms with E-state index in [9.17, 15) is 14.4 Å². The number of carbonyl (C=O) groups is 3. The Labute approximate surface area is 205 Å². The molecule has 1 saturated carbocycles. The molecule has 0 spiro atoms. The first-order valence-electron chi connectivity index (χ1n) is 12.0. The highest BCUT2D eigenvalue weighted by Gasteiger charge is 2.35. The number of nitrogen functional groups attached to an aromatic ring is 1. The number of nitrogens with one attached hydrogen (secondary N) is 1. The first-order chi connectivity index (χ1) is 16.2. The Morgan fingerprint density at radius 1 is 1.15 bits per heavy atom. The Morgan fingerprint density at radius 3 is 2.32 bits per heavy atom. The molecule has 3 amide bonds. The number of rotatable bonds is 9. The number of aromatic nitrogens is 1. The van der Waals surface area contributed by atoms with Crippen molar-refractivity contribution in [3.63, 3.8) is 0 Å². The fourth-order valence-corrected chi connectivity index (χ4v) is 5.13. The average molecular weight is 486 g/mol. The first-order valence-corrected chi connectivity index (χ1v) is 12.8. The molecule has 5 N–H and O–H groups in total. The van der Waals surface area contributed by atoms with Crippen LogP contribution in [0.25, 0.3) is 0 Å². The van der Waals surface area contributed by atoms with Gasteiger partial charge in [-0.1, -0.05) is 58.6 Å². The second kappa shape index (κ2) is 11.5. The van der Waals surface area contributed by atoms with Gasteiger partial charge in [-0.15, -0.1) is 0 Å². The fraction of sp³-hybridized carbons (Fsp3) is 0.520. The molecular formula is C25H35N5O3S. The average Bonchev–Trinajstić information content (AvgIpc) is 3.21. The lowest BCUT2D eigenvalue weighted by Gasteiger charge is -2.33.